The van der Waals surface area contributed by atoms with E-state index in [9.17, 15) is 9.59 Å². The maximum atomic E-state index is 12.1. The lowest BCUT2D eigenvalue weighted by Crippen LogP contribution is -2.32. The Bertz CT molecular complexity index is 565. The third-order valence-corrected chi connectivity index (χ3v) is 5.39. The third-order valence-electron chi connectivity index (χ3n) is 5.39. The molecule has 112 valence electrons. The molecular weight excluding hydrogens is 270 g/mol. The Kier molecular flexibility index (Phi) is 2.84. The van der Waals surface area contributed by atoms with E-state index in [0.29, 0.717) is 17.1 Å². The molecule has 2 aliphatic heterocycles. The standard InChI is InChI=1S/C16H19NO4/c1-8-5-13(21-16(8)19)20-7-12-11-6-9-3-2-4-10(9)14(11)17-15(12)18/h5,7,9-11,13-14H,2-4,6H2,1H3,(H,17,18)/t9-,10-,11+,13?,14+/m0/s1. The van der Waals surface area contributed by atoms with E-state index in [1.165, 1.54) is 25.5 Å². The van der Waals surface area contributed by atoms with Gasteiger partial charge in [-0.1, -0.05) is 12.8 Å². The number of carbonyl (C=O) groups excluding carboxylic acids is 2. The molecule has 2 saturated carbocycles. The number of ether oxygens (including phenoxy) is 2. The van der Waals surface area contributed by atoms with Crippen molar-refractivity contribution in [2.24, 2.45) is 17.8 Å². The average Bonchev–Trinajstić information content (AvgIpc) is 3.13. The molecule has 21 heavy (non-hydrogen) atoms. The Morgan fingerprint density at radius 3 is 3.00 bits per heavy atom. The van der Waals surface area contributed by atoms with Gasteiger partial charge in [-0.2, -0.15) is 0 Å². The van der Waals surface area contributed by atoms with Crippen molar-refractivity contribution in [3.05, 3.63) is 23.5 Å². The van der Waals surface area contributed by atoms with Gasteiger partial charge in [-0.15, -0.1) is 0 Å². The van der Waals surface area contributed by atoms with Gasteiger partial charge in [0.1, 0.15) is 0 Å². The first-order valence-corrected chi connectivity index (χ1v) is 7.69. The molecule has 0 spiro atoms. The zero-order chi connectivity index (χ0) is 14.6. The molecule has 0 bridgehead atoms. The molecular formula is C16H19NO4. The fourth-order valence-electron chi connectivity index (χ4n) is 4.39. The molecule has 0 radical (unpaired) electrons. The third kappa shape index (κ3) is 1.98. The van der Waals surface area contributed by atoms with Gasteiger partial charge in [-0.25, -0.2) is 4.79 Å². The molecule has 4 rings (SSSR count). The first-order chi connectivity index (χ1) is 10.1. The number of hydrogen-bond donors (Lipinski definition) is 1. The first-order valence-electron chi connectivity index (χ1n) is 7.69. The van der Waals surface area contributed by atoms with E-state index in [1.807, 2.05) is 0 Å². The van der Waals surface area contributed by atoms with Crippen LogP contribution < -0.4 is 5.32 Å². The smallest absolute Gasteiger partial charge is 0.336 e. The largest absolute Gasteiger partial charge is 0.458 e. The molecule has 0 aromatic rings. The Hall–Kier alpha value is -1.78. The monoisotopic (exact) mass is 289 g/mol. The number of esters is 1. The van der Waals surface area contributed by atoms with Crippen molar-refractivity contribution in [2.45, 2.75) is 44.9 Å². The highest BCUT2D eigenvalue weighted by atomic mass is 16.7. The van der Waals surface area contributed by atoms with Gasteiger partial charge in [0.15, 0.2) is 0 Å². The van der Waals surface area contributed by atoms with Crippen LogP contribution in [0.1, 0.15) is 32.6 Å². The quantitative estimate of drug-likeness (QED) is 0.477. The van der Waals surface area contributed by atoms with Crippen LogP contribution >= 0.6 is 0 Å². The Morgan fingerprint density at radius 2 is 2.24 bits per heavy atom. The number of carbonyl (C=O) groups is 2. The highest BCUT2D eigenvalue weighted by Gasteiger charge is 2.52. The summed E-state index contributed by atoms with van der Waals surface area (Å²) in [4.78, 5) is 23.4. The van der Waals surface area contributed by atoms with Crippen molar-refractivity contribution >= 4 is 11.9 Å². The molecule has 2 aliphatic carbocycles. The van der Waals surface area contributed by atoms with E-state index >= 15 is 0 Å². The molecule has 3 fully saturated rings. The predicted octanol–water partition coefficient (Wildman–Crippen LogP) is 1.65. The van der Waals surface area contributed by atoms with Crippen molar-refractivity contribution in [1.82, 2.24) is 5.32 Å². The van der Waals surface area contributed by atoms with Crippen LogP contribution in [0, 0.1) is 17.8 Å². The van der Waals surface area contributed by atoms with Crippen LogP contribution in [0.25, 0.3) is 0 Å². The summed E-state index contributed by atoms with van der Waals surface area (Å²) >= 11 is 0. The number of nitrogens with one attached hydrogen (secondary N) is 1. The lowest BCUT2D eigenvalue weighted by molar-refractivity contribution is -0.152. The highest BCUT2D eigenvalue weighted by Crippen LogP contribution is 2.51. The molecule has 0 aromatic carbocycles. The number of fused-ring (bicyclic) bond motifs is 3. The Morgan fingerprint density at radius 1 is 1.38 bits per heavy atom. The van der Waals surface area contributed by atoms with Crippen LogP contribution in [0.3, 0.4) is 0 Å². The van der Waals surface area contributed by atoms with Crippen LogP contribution in [0.15, 0.2) is 23.5 Å². The zero-order valence-corrected chi connectivity index (χ0v) is 12.0. The van der Waals surface area contributed by atoms with Crippen LogP contribution in [0.2, 0.25) is 0 Å². The highest BCUT2D eigenvalue weighted by molar-refractivity contribution is 5.97. The number of amides is 1. The molecule has 5 atom stereocenters. The average molecular weight is 289 g/mol. The van der Waals surface area contributed by atoms with Gasteiger partial charge in [-0.05, 0) is 31.6 Å². The summed E-state index contributed by atoms with van der Waals surface area (Å²) in [5.74, 6) is 1.25. The molecule has 2 heterocycles. The Labute approximate surface area is 123 Å². The maximum Gasteiger partial charge on any atom is 0.336 e. The van der Waals surface area contributed by atoms with E-state index in [2.05, 4.69) is 5.32 Å². The summed E-state index contributed by atoms with van der Waals surface area (Å²) in [7, 11) is 0. The molecule has 0 aromatic heterocycles. The molecule has 1 amide bonds. The summed E-state index contributed by atoms with van der Waals surface area (Å²) in [5, 5.41) is 3.12. The van der Waals surface area contributed by atoms with Gasteiger partial charge < -0.3 is 14.8 Å². The Balaban J connectivity index is 1.49. The van der Waals surface area contributed by atoms with Gasteiger partial charge in [-0.3, -0.25) is 4.79 Å². The minimum absolute atomic E-state index is 0.0274. The molecule has 5 heteroatoms. The summed E-state index contributed by atoms with van der Waals surface area (Å²) in [6, 6.07) is 0.281. The molecule has 1 N–H and O–H groups in total. The van der Waals surface area contributed by atoms with Crippen molar-refractivity contribution in [2.75, 3.05) is 0 Å². The summed E-state index contributed by atoms with van der Waals surface area (Å²) in [5.41, 5.74) is 1.26. The van der Waals surface area contributed by atoms with Gasteiger partial charge >= 0.3 is 5.97 Å². The molecule has 1 saturated heterocycles. The second-order valence-corrected chi connectivity index (χ2v) is 6.53. The summed E-state index contributed by atoms with van der Waals surface area (Å²) in [6.07, 6.45) is 7.31. The van der Waals surface area contributed by atoms with Crippen LogP contribution in [-0.2, 0) is 19.1 Å². The van der Waals surface area contributed by atoms with E-state index in [4.69, 9.17) is 9.47 Å². The second kappa shape index (κ2) is 4.61. The van der Waals surface area contributed by atoms with Crippen LogP contribution in [0.4, 0.5) is 0 Å². The van der Waals surface area contributed by atoms with Crippen molar-refractivity contribution in [1.29, 1.82) is 0 Å². The van der Waals surface area contributed by atoms with E-state index in [-0.39, 0.29) is 23.8 Å². The number of cyclic esters (lactones) is 1. The van der Waals surface area contributed by atoms with Gasteiger partial charge in [0.2, 0.25) is 0 Å². The fraction of sp³-hybridized carbons (Fsp3) is 0.625. The van der Waals surface area contributed by atoms with Crippen LogP contribution in [-0.4, -0.2) is 24.2 Å². The lowest BCUT2D eigenvalue weighted by Gasteiger charge is -2.16. The normalized spacial score (nSPS) is 42.6. The van der Waals surface area contributed by atoms with Gasteiger partial charge in [0.05, 0.1) is 11.8 Å². The molecule has 4 aliphatic rings. The minimum atomic E-state index is -0.697. The molecule has 1 unspecified atom stereocenters. The molecule has 5 nitrogen and oxygen atoms in total. The first kappa shape index (κ1) is 12.9. The van der Waals surface area contributed by atoms with Gasteiger partial charge in [0, 0.05) is 23.6 Å². The van der Waals surface area contributed by atoms with Gasteiger partial charge in [0.25, 0.3) is 12.2 Å². The zero-order valence-electron chi connectivity index (χ0n) is 12.0. The van der Waals surface area contributed by atoms with Crippen LogP contribution in [0.5, 0.6) is 0 Å². The predicted molar refractivity (Wildman–Crippen MR) is 73.7 cm³/mol. The maximum absolute atomic E-state index is 12.1. The summed E-state index contributed by atoms with van der Waals surface area (Å²) in [6.45, 7) is 1.69. The minimum Gasteiger partial charge on any atom is -0.458 e. The fourth-order valence-corrected chi connectivity index (χ4v) is 4.39. The van der Waals surface area contributed by atoms with E-state index < -0.39 is 6.29 Å². The van der Waals surface area contributed by atoms with Crippen molar-refractivity contribution < 1.29 is 19.1 Å². The second-order valence-electron chi connectivity index (χ2n) is 6.53. The SMILES string of the molecule is CC1=CC(OC=C2C(=O)N[C@@H]3[C@H]4CCC[C@H]4C[C@H]23)OC1=O. The van der Waals surface area contributed by atoms with E-state index in [1.54, 1.807) is 13.0 Å². The topological polar surface area (TPSA) is 64.6 Å². The number of rotatable bonds is 2. The van der Waals surface area contributed by atoms with Crippen molar-refractivity contribution in [3.63, 3.8) is 0 Å². The summed E-state index contributed by atoms with van der Waals surface area (Å²) < 4.78 is 10.5. The lowest BCUT2D eigenvalue weighted by atomic mass is 9.95. The van der Waals surface area contributed by atoms with E-state index in [0.717, 1.165) is 12.3 Å². The number of hydrogen-bond acceptors (Lipinski definition) is 4. The van der Waals surface area contributed by atoms with Crippen molar-refractivity contribution in [3.8, 4) is 0 Å².